The van der Waals surface area contributed by atoms with Crippen LogP contribution in [0.3, 0.4) is 0 Å². The molecule has 0 aliphatic carbocycles. The van der Waals surface area contributed by atoms with Crippen molar-refractivity contribution in [1.29, 1.82) is 0 Å². The highest BCUT2D eigenvalue weighted by Crippen LogP contribution is 2.26. The molecule has 0 fully saturated rings. The number of carbonyl (C=O) groups excluding carboxylic acids is 1. The molecule has 9 heteroatoms. The first-order valence-corrected chi connectivity index (χ1v) is 8.13. The lowest BCUT2D eigenvalue weighted by molar-refractivity contribution is -0.140. The smallest absolute Gasteiger partial charge is 0.306 e. The third kappa shape index (κ3) is 4.93. The Morgan fingerprint density at radius 2 is 2.15 bits per heavy atom. The monoisotopic (exact) mass is 384 g/mol. The third-order valence-corrected chi connectivity index (χ3v) is 5.16. The van der Waals surface area contributed by atoms with Crippen molar-refractivity contribution in [3.8, 4) is 0 Å². The van der Waals surface area contributed by atoms with Crippen molar-refractivity contribution in [2.75, 3.05) is 25.4 Å². The van der Waals surface area contributed by atoms with Crippen LogP contribution in [0.25, 0.3) is 0 Å². The number of nitrogens with one attached hydrogen (secondary N) is 1. The van der Waals surface area contributed by atoms with Gasteiger partial charge in [0.25, 0.3) is 0 Å². The van der Waals surface area contributed by atoms with E-state index in [0.717, 1.165) is 4.31 Å². The summed E-state index contributed by atoms with van der Waals surface area (Å²) in [5.41, 5.74) is 0.336. The molecule has 1 rings (SSSR count). The summed E-state index contributed by atoms with van der Waals surface area (Å²) in [7, 11) is -1.13. The Labute approximate surface area is 131 Å². The van der Waals surface area contributed by atoms with Crippen LogP contribution in [0, 0.1) is 0 Å². The van der Waals surface area contributed by atoms with E-state index in [4.69, 9.17) is 11.6 Å². The summed E-state index contributed by atoms with van der Waals surface area (Å²) in [6.45, 7) is 0.0201. The SMILES string of the molecule is COC(=O)CCN(C)S(=O)(=O)Nc1ccc(Br)c(Cl)c1. The van der Waals surface area contributed by atoms with E-state index < -0.39 is 16.2 Å². The van der Waals surface area contributed by atoms with Gasteiger partial charge in [0.05, 0.1) is 24.2 Å². The van der Waals surface area contributed by atoms with Crippen molar-refractivity contribution in [2.24, 2.45) is 0 Å². The zero-order valence-electron chi connectivity index (χ0n) is 10.9. The summed E-state index contributed by atoms with van der Waals surface area (Å²) in [5.74, 6) is -0.473. The van der Waals surface area contributed by atoms with E-state index in [1.54, 1.807) is 12.1 Å². The van der Waals surface area contributed by atoms with Crippen LogP contribution in [-0.4, -0.2) is 39.4 Å². The summed E-state index contributed by atoms with van der Waals surface area (Å²) in [6.07, 6.45) is -0.0188. The van der Waals surface area contributed by atoms with Crippen LogP contribution in [0.5, 0.6) is 0 Å². The number of methoxy groups -OCH3 is 1. The zero-order valence-corrected chi connectivity index (χ0v) is 14.0. The fourth-order valence-electron chi connectivity index (χ4n) is 1.26. The van der Waals surface area contributed by atoms with Crippen LogP contribution in [0.4, 0.5) is 5.69 Å². The number of benzene rings is 1. The van der Waals surface area contributed by atoms with Gasteiger partial charge in [-0.1, -0.05) is 11.6 Å². The fourth-order valence-corrected chi connectivity index (χ4v) is 2.60. The third-order valence-electron chi connectivity index (χ3n) is 2.44. The second-order valence-corrected chi connectivity index (χ2v) is 6.92. The Morgan fingerprint density at radius 1 is 1.50 bits per heavy atom. The predicted octanol–water partition coefficient (Wildman–Crippen LogP) is 2.25. The van der Waals surface area contributed by atoms with Gasteiger partial charge in [-0.3, -0.25) is 9.52 Å². The first-order chi connectivity index (χ1) is 9.26. The maximum Gasteiger partial charge on any atom is 0.306 e. The van der Waals surface area contributed by atoms with Crippen molar-refractivity contribution >= 4 is 49.4 Å². The molecule has 20 heavy (non-hydrogen) atoms. The van der Waals surface area contributed by atoms with Crippen LogP contribution in [0.1, 0.15) is 6.42 Å². The average molecular weight is 386 g/mol. The van der Waals surface area contributed by atoms with Crippen molar-refractivity contribution in [1.82, 2.24) is 4.31 Å². The molecule has 1 N–H and O–H groups in total. The molecular formula is C11H14BrClN2O4S. The number of anilines is 1. The van der Waals surface area contributed by atoms with Crippen LogP contribution < -0.4 is 4.72 Å². The minimum absolute atomic E-state index is 0.0188. The molecule has 0 radical (unpaired) electrons. The molecule has 0 saturated heterocycles. The molecule has 0 unspecified atom stereocenters. The van der Waals surface area contributed by atoms with Gasteiger partial charge in [-0.25, -0.2) is 0 Å². The maximum atomic E-state index is 12.0. The minimum atomic E-state index is -3.75. The van der Waals surface area contributed by atoms with Gasteiger partial charge in [-0.05, 0) is 34.1 Å². The van der Waals surface area contributed by atoms with Gasteiger partial charge in [0, 0.05) is 18.1 Å². The molecule has 0 aliphatic heterocycles. The highest BCUT2D eigenvalue weighted by molar-refractivity contribution is 9.10. The molecule has 0 heterocycles. The summed E-state index contributed by atoms with van der Waals surface area (Å²) in [5, 5.41) is 0.391. The van der Waals surface area contributed by atoms with Crippen molar-refractivity contribution in [3.05, 3.63) is 27.7 Å². The first-order valence-electron chi connectivity index (χ1n) is 5.52. The van der Waals surface area contributed by atoms with Gasteiger partial charge in [0.1, 0.15) is 0 Å². The number of esters is 1. The van der Waals surface area contributed by atoms with Crippen LogP contribution >= 0.6 is 27.5 Å². The standard InChI is InChI=1S/C11H14BrClN2O4S/c1-15(6-5-11(16)19-2)20(17,18)14-8-3-4-9(12)10(13)7-8/h3-4,7,14H,5-6H2,1-2H3. The molecule has 0 atom stereocenters. The molecule has 6 nitrogen and oxygen atoms in total. The lowest BCUT2D eigenvalue weighted by Crippen LogP contribution is -2.34. The Kier molecular flexibility index (Phi) is 6.25. The van der Waals surface area contributed by atoms with Gasteiger partial charge < -0.3 is 4.74 Å². The van der Waals surface area contributed by atoms with Crippen molar-refractivity contribution in [2.45, 2.75) is 6.42 Å². The Bertz CT molecular complexity index is 594. The van der Waals surface area contributed by atoms with E-state index in [2.05, 4.69) is 25.4 Å². The van der Waals surface area contributed by atoms with Gasteiger partial charge in [0.2, 0.25) is 0 Å². The van der Waals surface area contributed by atoms with Gasteiger partial charge in [-0.15, -0.1) is 0 Å². The average Bonchev–Trinajstić information content (AvgIpc) is 2.39. The maximum absolute atomic E-state index is 12.0. The second kappa shape index (κ2) is 7.26. The molecule has 0 aliphatic rings. The molecule has 0 aromatic heterocycles. The van der Waals surface area contributed by atoms with Crippen molar-refractivity contribution in [3.63, 3.8) is 0 Å². The number of hydrogen-bond acceptors (Lipinski definition) is 4. The van der Waals surface area contributed by atoms with E-state index in [-0.39, 0.29) is 13.0 Å². The van der Waals surface area contributed by atoms with E-state index in [9.17, 15) is 13.2 Å². The summed E-state index contributed by atoms with van der Waals surface area (Å²) in [4.78, 5) is 11.0. The zero-order chi connectivity index (χ0) is 15.3. The molecule has 1 aromatic carbocycles. The van der Waals surface area contributed by atoms with E-state index in [1.165, 1.54) is 20.2 Å². The number of carbonyl (C=O) groups is 1. The van der Waals surface area contributed by atoms with Crippen LogP contribution in [0.2, 0.25) is 5.02 Å². The first kappa shape index (κ1) is 17.2. The Morgan fingerprint density at radius 3 is 2.70 bits per heavy atom. The fraction of sp³-hybridized carbons (Fsp3) is 0.364. The number of nitrogens with zero attached hydrogens (tertiary/aromatic N) is 1. The van der Waals surface area contributed by atoms with E-state index in [0.29, 0.717) is 15.2 Å². The summed E-state index contributed by atoms with van der Waals surface area (Å²) in [6, 6.07) is 4.69. The molecule has 112 valence electrons. The molecule has 1 aromatic rings. The molecule has 0 saturated carbocycles. The number of rotatable bonds is 6. The quantitative estimate of drug-likeness (QED) is 0.762. The molecular weight excluding hydrogens is 372 g/mol. The number of ether oxygens (including phenoxy) is 1. The lowest BCUT2D eigenvalue weighted by Gasteiger charge is -2.18. The van der Waals surface area contributed by atoms with Crippen LogP contribution in [0.15, 0.2) is 22.7 Å². The number of hydrogen-bond donors (Lipinski definition) is 1. The van der Waals surface area contributed by atoms with Gasteiger partial charge >= 0.3 is 16.2 Å². The predicted molar refractivity (Wildman–Crippen MR) is 81.0 cm³/mol. The van der Waals surface area contributed by atoms with Gasteiger partial charge in [0.15, 0.2) is 0 Å². The van der Waals surface area contributed by atoms with Crippen molar-refractivity contribution < 1.29 is 17.9 Å². The molecule has 0 bridgehead atoms. The number of halogens is 2. The largest absolute Gasteiger partial charge is 0.469 e. The second-order valence-electron chi connectivity index (χ2n) is 3.88. The highest BCUT2D eigenvalue weighted by atomic mass is 79.9. The highest BCUT2D eigenvalue weighted by Gasteiger charge is 2.19. The summed E-state index contributed by atoms with van der Waals surface area (Å²) >= 11 is 9.10. The normalized spacial score (nSPS) is 11.4. The van der Waals surface area contributed by atoms with E-state index >= 15 is 0 Å². The Balaban J connectivity index is 2.73. The Hall–Kier alpha value is -0.830. The molecule has 0 spiro atoms. The lowest BCUT2D eigenvalue weighted by atomic mass is 10.3. The van der Waals surface area contributed by atoms with E-state index in [1.807, 2.05) is 0 Å². The van der Waals surface area contributed by atoms with Gasteiger partial charge in [-0.2, -0.15) is 12.7 Å². The molecule has 0 amide bonds. The van der Waals surface area contributed by atoms with Crippen LogP contribution in [-0.2, 0) is 19.7 Å². The topological polar surface area (TPSA) is 75.7 Å². The summed E-state index contributed by atoms with van der Waals surface area (Å²) < 4.78 is 32.5. The minimum Gasteiger partial charge on any atom is -0.469 e.